The Morgan fingerprint density at radius 2 is 1.74 bits per heavy atom. The molecule has 1 saturated heterocycles. The first-order valence-electron chi connectivity index (χ1n) is 7.86. The number of ether oxygens (including phenoxy) is 3. The standard InChI is InChI=1S/C17H20O6/c1-4-5-6-8-7-9-10(13(8)18)15-12(17(20)22-3)11(14(9)23-15)16(19)21-2/h7,9-10,14-15H,4-6H2,1-3H3/t9-,10-,14-,15+/m0/s1. The van der Waals surface area contributed by atoms with Crippen molar-refractivity contribution in [1.29, 1.82) is 0 Å². The second-order valence-electron chi connectivity index (χ2n) is 6.05. The SMILES string of the molecule is CCCCC1=C[C@H]2[C@@H](C1=O)[C@H]1O[C@@H]2C(C(=O)OC)=C1C(=O)OC. The zero-order chi connectivity index (χ0) is 16.7. The number of esters is 2. The summed E-state index contributed by atoms with van der Waals surface area (Å²) < 4.78 is 15.4. The highest BCUT2D eigenvalue weighted by molar-refractivity contribution is 6.08. The minimum absolute atomic E-state index is 0.0290. The van der Waals surface area contributed by atoms with Crippen LogP contribution in [0, 0.1) is 11.8 Å². The fourth-order valence-electron chi connectivity index (χ4n) is 3.82. The first-order chi connectivity index (χ1) is 11.0. The molecule has 0 unspecified atom stereocenters. The summed E-state index contributed by atoms with van der Waals surface area (Å²) in [7, 11) is 2.51. The Hall–Kier alpha value is -1.95. The minimum Gasteiger partial charge on any atom is -0.466 e. The van der Waals surface area contributed by atoms with Gasteiger partial charge in [-0.1, -0.05) is 19.4 Å². The molecule has 0 aromatic heterocycles. The van der Waals surface area contributed by atoms with Gasteiger partial charge in [0, 0.05) is 5.92 Å². The molecule has 0 saturated carbocycles. The maximum atomic E-state index is 12.6. The summed E-state index contributed by atoms with van der Waals surface area (Å²) >= 11 is 0. The van der Waals surface area contributed by atoms with Crippen LogP contribution in [-0.4, -0.2) is 44.1 Å². The highest BCUT2D eigenvalue weighted by Crippen LogP contribution is 2.52. The monoisotopic (exact) mass is 320 g/mol. The summed E-state index contributed by atoms with van der Waals surface area (Å²) in [6, 6.07) is 0. The third-order valence-corrected chi connectivity index (χ3v) is 4.87. The van der Waals surface area contributed by atoms with E-state index in [0.717, 1.165) is 24.8 Å². The van der Waals surface area contributed by atoms with Crippen molar-refractivity contribution >= 4 is 17.7 Å². The van der Waals surface area contributed by atoms with Crippen molar-refractivity contribution in [3.8, 4) is 0 Å². The molecular formula is C17H20O6. The van der Waals surface area contributed by atoms with Gasteiger partial charge in [-0.25, -0.2) is 9.59 Å². The zero-order valence-electron chi connectivity index (χ0n) is 13.5. The Morgan fingerprint density at radius 3 is 2.30 bits per heavy atom. The maximum absolute atomic E-state index is 12.6. The molecule has 6 nitrogen and oxygen atoms in total. The van der Waals surface area contributed by atoms with E-state index in [2.05, 4.69) is 6.92 Å². The summed E-state index contributed by atoms with van der Waals surface area (Å²) in [5.74, 6) is -1.82. The molecule has 6 heteroatoms. The fourth-order valence-corrected chi connectivity index (χ4v) is 3.82. The lowest BCUT2D eigenvalue weighted by molar-refractivity contribution is -0.140. The molecule has 0 aromatic carbocycles. The van der Waals surface area contributed by atoms with Crippen LogP contribution in [0.5, 0.6) is 0 Å². The Balaban J connectivity index is 1.97. The Bertz CT molecular complexity index is 629. The van der Waals surface area contributed by atoms with E-state index in [1.54, 1.807) is 0 Å². The third kappa shape index (κ3) is 2.24. The maximum Gasteiger partial charge on any atom is 0.337 e. The highest BCUT2D eigenvalue weighted by Gasteiger charge is 2.61. The number of methoxy groups -OCH3 is 2. The number of fused-ring (bicyclic) bond motifs is 5. The molecule has 0 amide bonds. The Labute approximate surface area is 134 Å². The van der Waals surface area contributed by atoms with Crippen LogP contribution in [0.25, 0.3) is 0 Å². The predicted molar refractivity (Wildman–Crippen MR) is 79.3 cm³/mol. The number of ketones is 1. The van der Waals surface area contributed by atoms with Gasteiger partial charge in [-0.3, -0.25) is 4.79 Å². The van der Waals surface area contributed by atoms with Gasteiger partial charge in [0.1, 0.15) is 6.10 Å². The second-order valence-corrected chi connectivity index (χ2v) is 6.05. The lowest BCUT2D eigenvalue weighted by atomic mass is 9.77. The molecule has 3 aliphatic rings. The van der Waals surface area contributed by atoms with E-state index in [4.69, 9.17) is 14.2 Å². The number of hydrogen-bond acceptors (Lipinski definition) is 6. The van der Waals surface area contributed by atoms with Gasteiger partial charge in [-0.05, 0) is 18.4 Å². The van der Waals surface area contributed by atoms with Gasteiger partial charge < -0.3 is 14.2 Å². The van der Waals surface area contributed by atoms with E-state index in [1.807, 2.05) is 6.08 Å². The molecule has 3 rings (SSSR count). The van der Waals surface area contributed by atoms with Gasteiger partial charge in [0.15, 0.2) is 5.78 Å². The van der Waals surface area contributed by atoms with Crippen molar-refractivity contribution in [2.75, 3.05) is 14.2 Å². The average molecular weight is 320 g/mol. The Morgan fingerprint density at radius 1 is 1.13 bits per heavy atom. The van der Waals surface area contributed by atoms with Crippen LogP contribution in [-0.2, 0) is 28.6 Å². The smallest absolute Gasteiger partial charge is 0.337 e. The van der Waals surface area contributed by atoms with Crippen LogP contribution < -0.4 is 0 Å². The van der Waals surface area contributed by atoms with Gasteiger partial charge >= 0.3 is 11.9 Å². The van der Waals surface area contributed by atoms with Crippen molar-refractivity contribution in [1.82, 2.24) is 0 Å². The van der Waals surface area contributed by atoms with E-state index in [1.165, 1.54) is 14.2 Å². The summed E-state index contributed by atoms with van der Waals surface area (Å²) in [5, 5.41) is 0. The number of Topliss-reactive ketones (excluding diaryl/α,β-unsaturated/α-hetero) is 1. The number of unbranched alkanes of at least 4 members (excludes halogenated alkanes) is 1. The molecule has 1 aliphatic carbocycles. The van der Waals surface area contributed by atoms with Gasteiger partial charge in [-0.2, -0.15) is 0 Å². The third-order valence-electron chi connectivity index (χ3n) is 4.87. The molecule has 2 heterocycles. The summed E-state index contributed by atoms with van der Waals surface area (Å²) in [5.41, 5.74) is 1.13. The summed E-state index contributed by atoms with van der Waals surface area (Å²) in [6.45, 7) is 2.07. The van der Waals surface area contributed by atoms with Gasteiger partial charge in [-0.15, -0.1) is 0 Å². The van der Waals surface area contributed by atoms with Crippen molar-refractivity contribution in [2.24, 2.45) is 11.8 Å². The molecule has 1 fully saturated rings. The van der Waals surface area contributed by atoms with E-state index in [9.17, 15) is 14.4 Å². The Kier molecular flexibility index (Phi) is 4.10. The number of allylic oxidation sites excluding steroid dienone is 1. The zero-order valence-corrected chi connectivity index (χ0v) is 13.5. The van der Waals surface area contributed by atoms with Gasteiger partial charge in [0.05, 0.1) is 37.4 Å². The summed E-state index contributed by atoms with van der Waals surface area (Å²) in [4.78, 5) is 36.8. The lowest BCUT2D eigenvalue weighted by Crippen LogP contribution is -2.35. The molecule has 0 radical (unpaired) electrons. The normalized spacial score (nSPS) is 31.3. The molecule has 23 heavy (non-hydrogen) atoms. The van der Waals surface area contributed by atoms with E-state index in [-0.39, 0.29) is 22.8 Å². The fraction of sp³-hybridized carbons (Fsp3) is 0.588. The van der Waals surface area contributed by atoms with Crippen molar-refractivity contribution < 1.29 is 28.6 Å². The number of carbonyl (C=O) groups excluding carboxylic acids is 3. The van der Waals surface area contributed by atoms with E-state index >= 15 is 0 Å². The van der Waals surface area contributed by atoms with E-state index < -0.39 is 30.1 Å². The topological polar surface area (TPSA) is 78.9 Å². The highest BCUT2D eigenvalue weighted by atomic mass is 16.5. The molecule has 0 spiro atoms. The van der Waals surface area contributed by atoms with Gasteiger partial charge in [0.2, 0.25) is 0 Å². The van der Waals surface area contributed by atoms with Crippen molar-refractivity contribution in [3.63, 3.8) is 0 Å². The molecule has 2 bridgehead atoms. The van der Waals surface area contributed by atoms with E-state index in [0.29, 0.717) is 0 Å². The summed E-state index contributed by atoms with van der Waals surface area (Å²) in [6.07, 6.45) is 3.27. The van der Waals surface area contributed by atoms with Crippen LogP contribution in [0.15, 0.2) is 22.8 Å². The van der Waals surface area contributed by atoms with Crippen LogP contribution in [0.3, 0.4) is 0 Å². The van der Waals surface area contributed by atoms with Crippen molar-refractivity contribution in [3.05, 3.63) is 22.8 Å². The quantitative estimate of drug-likeness (QED) is 0.711. The molecule has 0 aromatic rings. The predicted octanol–water partition coefficient (Wildman–Crippen LogP) is 1.34. The molecule has 124 valence electrons. The molecular weight excluding hydrogens is 300 g/mol. The second kappa shape index (κ2) is 5.92. The van der Waals surface area contributed by atoms with Crippen LogP contribution >= 0.6 is 0 Å². The molecule has 4 atom stereocenters. The van der Waals surface area contributed by atoms with Crippen LogP contribution in [0.2, 0.25) is 0 Å². The molecule has 2 aliphatic heterocycles. The largest absolute Gasteiger partial charge is 0.466 e. The van der Waals surface area contributed by atoms with Gasteiger partial charge in [0.25, 0.3) is 0 Å². The van der Waals surface area contributed by atoms with Crippen LogP contribution in [0.4, 0.5) is 0 Å². The molecule has 0 N–H and O–H groups in total. The minimum atomic E-state index is -0.713. The van der Waals surface area contributed by atoms with Crippen molar-refractivity contribution in [2.45, 2.75) is 38.4 Å². The lowest BCUT2D eigenvalue weighted by Gasteiger charge is -2.22. The number of rotatable bonds is 5. The first kappa shape index (κ1) is 15.9. The first-order valence-corrected chi connectivity index (χ1v) is 7.86. The number of carbonyl (C=O) groups is 3. The van der Waals surface area contributed by atoms with Crippen LogP contribution in [0.1, 0.15) is 26.2 Å². The number of hydrogen-bond donors (Lipinski definition) is 0. The average Bonchev–Trinajstić information content (AvgIpc) is 3.21.